The Bertz CT molecular complexity index is 264. The van der Waals surface area contributed by atoms with Crippen LogP contribution in [0.25, 0.3) is 0 Å². The van der Waals surface area contributed by atoms with Gasteiger partial charge in [-0.1, -0.05) is 6.92 Å². The summed E-state index contributed by atoms with van der Waals surface area (Å²) in [6.07, 6.45) is 5.38. The SMILES string of the molecule is CCC1NC2(CC2)C(=O)N1CCCCOC. The summed E-state index contributed by atoms with van der Waals surface area (Å²) < 4.78 is 5.02. The van der Waals surface area contributed by atoms with Crippen LogP contribution in [0.1, 0.15) is 39.0 Å². The Hall–Kier alpha value is -0.610. The van der Waals surface area contributed by atoms with E-state index in [2.05, 4.69) is 12.2 Å². The summed E-state index contributed by atoms with van der Waals surface area (Å²) in [6, 6.07) is 0. The zero-order valence-corrected chi connectivity index (χ0v) is 10.3. The van der Waals surface area contributed by atoms with E-state index in [1.54, 1.807) is 7.11 Å². The maximum Gasteiger partial charge on any atom is 0.244 e. The first-order valence-corrected chi connectivity index (χ1v) is 6.31. The molecule has 16 heavy (non-hydrogen) atoms. The van der Waals surface area contributed by atoms with Crippen molar-refractivity contribution in [3.8, 4) is 0 Å². The fourth-order valence-electron chi connectivity index (χ4n) is 2.47. The molecular weight excluding hydrogens is 204 g/mol. The molecule has 4 heteroatoms. The lowest BCUT2D eigenvalue weighted by Crippen LogP contribution is -2.37. The Morgan fingerprint density at radius 2 is 2.25 bits per heavy atom. The number of amides is 1. The molecule has 2 fully saturated rings. The van der Waals surface area contributed by atoms with Crippen molar-refractivity contribution in [3.05, 3.63) is 0 Å². The minimum Gasteiger partial charge on any atom is -0.385 e. The van der Waals surface area contributed by atoms with Gasteiger partial charge in [0, 0.05) is 20.3 Å². The Labute approximate surface area is 97.3 Å². The summed E-state index contributed by atoms with van der Waals surface area (Å²) >= 11 is 0. The number of nitrogens with zero attached hydrogens (tertiary/aromatic N) is 1. The molecule has 0 aromatic carbocycles. The van der Waals surface area contributed by atoms with Gasteiger partial charge >= 0.3 is 0 Å². The van der Waals surface area contributed by atoms with Crippen molar-refractivity contribution in [2.45, 2.75) is 50.7 Å². The molecule has 1 aliphatic carbocycles. The molecule has 0 aromatic rings. The van der Waals surface area contributed by atoms with E-state index < -0.39 is 0 Å². The summed E-state index contributed by atoms with van der Waals surface area (Å²) in [5.74, 6) is 0.330. The van der Waals surface area contributed by atoms with Crippen LogP contribution in [0.5, 0.6) is 0 Å². The third-order valence-corrected chi connectivity index (χ3v) is 3.62. The van der Waals surface area contributed by atoms with Crippen LogP contribution in [-0.2, 0) is 9.53 Å². The molecule has 1 N–H and O–H groups in total. The van der Waals surface area contributed by atoms with Gasteiger partial charge in [-0.3, -0.25) is 10.1 Å². The second-order valence-electron chi connectivity index (χ2n) is 4.85. The van der Waals surface area contributed by atoms with Gasteiger partial charge in [-0.15, -0.1) is 0 Å². The fourth-order valence-corrected chi connectivity index (χ4v) is 2.47. The number of ether oxygens (including phenoxy) is 1. The fraction of sp³-hybridized carbons (Fsp3) is 0.917. The molecule has 2 rings (SSSR count). The van der Waals surface area contributed by atoms with Crippen LogP contribution in [0.3, 0.4) is 0 Å². The van der Waals surface area contributed by atoms with Crippen LogP contribution in [0.2, 0.25) is 0 Å². The van der Waals surface area contributed by atoms with Crippen LogP contribution >= 0.6 is 0 Å². The molecule has 1 amide bonds. The van der Waals surface area contributed by atoms with E-state index in [4.69, 9.17) is 4.74 Å². The highest BCUT2D eigenvalue weighted by atomic mass is 16.5. The van der Waals surface area contributed by atoms with Crippen molar-refractivity contribution in [2.24, 2.45) is 0 Å². The molecule has 1 atom stereocenters. The minimum absolute atomic E-state index is 0.151. The first-order chi connectivity index (χ1) is 7.73. The van der Waals surface area contributed by atoms with E-state index in [1.807, 2.05) is 4.90 Å². The van der Waals surface area contributed by atoms with Gasteiger partial charge in [0.1, 0.15) is 0 Å². The molecule has 0 radical (unpaired) electrons. The third kappa shape index (κ3) is 2.09. The topological polar surface area (TPSA) is 41.6 Å². The van der Waals surface area contributed by atoms with Crippen molar-refractivity contribution in [1.82, 2.24) is 10.2 Å². The zero-order chi connectivity index (χ0) is 11.6. The number of carbonyl (C=O) groups excluding carboxylic acids is 1. The lowest BCUT2D eigenvalue weighted by Gasteiger charge is -2.22. The van der Waals surface area contributed by atoms with Gasteiger partial charge in [0.2, 0.25) is 5.91 Å². The summed E-state index contributed by atoms with van der Waals surface area (Å²) in [5, 5.41) is 3.48. The van der Waals surface area contributed by atoms with Crippen molar-refractivity contribution in [3.63, 3.8) is 0 Å². The number of unbranched alkanes of at least 4 members (excludes halogenated alkanes) is 1. The molecule has 1 spiro atoms. The molecule has 1 aliphatic heterocycles. The van der Waals surface area contributed by atoms with Crippen LogP contribution in [-0.4, -0.2) is 42.8 Å². The van der Waals surface area contributed by atoms with Gasteiger partial charge in [0.05, 0.1) is 11.7 Å². The average Bonchev–Trinajstić information content (AvgIpc) is 3.01. The second kappa shape index (κ2) is 4.72. The molecule has 2 aliphatic rings. The number of hydrogen-bond acceptors (Lipinski definition) is 3. The average molecular weight is 226 g/mol. The Balaban J connectivity index is 1.84. The zero-order valence-electron chi connectivity index (χ0n) is 10.3. The van der Waals surface area contributed by atoms with Gasteiger partial charge in [-0.05, 0) is 32.1 Å². The number of rotatable bonds is 6. The number of nitrogens with one attached hydrogen (secondary N) is 1. The van der Waals surface area contributed by atoms with Crippen LogP contribution in [0, 0.1) is 0 Å². The van der Waals surface area contributed by atoms with Gasteiger partial charge in [-0.25, -0.2) is 0 Å². The standard InChI is InChI=1S/C12H22N2O2/c1-3-10-13-12(6-7-12)11(15)14(10)8-4-5-9-16-2/h10,13H,3-9H2,1-2H3. The predicted molar refractivity (Wildman–Crippen MR) is 62.0 cm³/mol. The second-order valence-corrected chi connectivity index (χ2v) is 4.85. The summed E-state index contributed by atoms with van der Waals surface area (Å²) in [7, 11) is 1.72. The molecule has 1 heterocycles. The Kier molecular flexibility index (Phi) is 3.50. The maximum atomic E-state index is 12.2. The highest BCUT2D eigenvalue weighted by molar-refractivity contribution is 5.91. The smallest absolute Gasteiger partial charge is 0.244 e. The quantitative estimate of drug-likeness (QED) is 0.690. The van der Waals surface area contributed by atoms with E-state index >= 15 is 0 Å². The van der Waals surface area contributed by atoms with Crippen LogP contribution in [0.4, 0.5) is 0 Å². The van der Waals surface area contributed by atoms with Gasteiger partial charge < -0.3 is 9.64 Å². The molecule has 92 valence electrons. The summed E-state index contributed by atoms with van der Waals surface area (Å²) in [4.78, 5) is 14.2. The van der Waals surface area contributed by atoms with E-state index in [9.17, 15) is 4.79 Å². The Morgan fingerprint density at radius 1 is 1.50 bits per heavy atom. The van der Waals surface area contributed by atoms with Crippen LogP contribution < -0.4 is 5.32 Å². The van der Waals surface area contributed by atoms with Gasteiger partial charge in [-0.2, -0.15) is 0 Å². The molecule has 1 saturated carbocycles. The highest BCUT2D eigenvalue weighted by Crippen LogP contribution is 2.42. The van der Waals surface area contributed by atoms with E-state index in [1.165, 1.54) is 0 Å². The summed E-state index contributed by atoms with van der Waals surface area (Å²) in [5.41, 5.74) is -0.151. The molecular formula is C12H22N2O2. The number of carbonyl (C=O) groups is 1. The largest absolute Gasteiger partial charge is 0.385 e. The van der Waals surface area contributed by atoms with E-state index in [0.29, 0.717) is 5.91 Å². The number of methoxy groups -OCH3 is 1. The predicted octanol–water partition coefficient (Wildman–Crippen LogP) is 1.11. The van der Waals surface area contributed by atoms with E-state index in [-0.39, 0.29) is 11.7 Å². The summed E-state index contributed by atoms with van der Waals surface area (Å²) in [6.45, 7) is 3.79. The van der Waals surface area contributed by atoms with Crippen molar-refractivity contribution in [1.29, 1.82) is 0 Å². The maximum absolute atomic E-state index is 12.2. The minimum atomic E-state index is -0.151. The Morgan fingerprint density at radius 3 is 2.81 bits per heavy atom. The lowest BCUT2D eigenvalue weighted by molar-refractivity contribution is -0.130. The van der Waals surface area contributed by atoms with E-state index in [0.717, 1.165) is 45.3 Å². The highest BCUT2D eigenvalue weighted by Gasteiger charge is 2.58. The lowest BCUT2D eigenvalue weighted by atomic mass is 10.2. The first kappa shape index (κ1) is 11.9. The normalized spacial score (nSPS) is 26.8. The number of hydrogen-bond donors (Lipinski definition) is 1. The van der Waals surface area contributed by atoms with Crippen molar-refractivity contribution >= 4 is 5.91 Å². The van der Waals surface area contributed by atoms with Gasteiger partial charge in [0.25, 0.3) is 0 Å². The van der Waals surface area contributed by atoms with Crippen molar-refractivity contribution < 1.29 is 9.53 Å². The van der Waals surface area contributed by atoms with Gasteiger partial charge in [0.15, 0.2) is 0 Å². The van der Waals surface area contributed by atoms with Crippen LogP contribution in [0.15, 0.2) is 0 Å². The molecule has 1 unspecified atom stereocenters. The molecule has 4 nitrogen and oxygen atoms in total. The first-order valence-electron chi connectivity index (χ1n) is 6.31. The molecule has 0 bridgehead atoms. The third-order valence-electron chi connectivity index (χ3n) is 3.62. The monoisotopic (exact) mass is 226 g/mol. The molecule has 1 saturated heterocycles. The van der Waals surface area contributed by atoms with Crippen molar-refractivity contribution in [2.75, 3.05) is 20.3 Å². The molecule has 0 aromatic heterocycles.